The lowest BCUT2D eigenvalue weighted by atomic mass is 10.1. The second-order valence-electron chi connectivity index (χ2n) is 4.58. The van der Waals surface area contributed by atoms with Crippen LogP contribution in [0.15, 0.2) is 40.6 Å². The molecule has 0 saturated heterocycles. The molecule has 1 atom stereocenters. The summed E-state index contributed by atoms with van der Waals surface area (Å²) in [7, 11) is -2.16. The highest BCUT2D eigenvalue weighted by atomic mass is 32.2. The Kier molecular flexibility index (Phi) is 4.87. The lowest BCUT2D eigenvalue weighted by molar-refractivity contribution is 0.588. The number of benzene rings is 1. The van der Waals surface area contributed by atoms with E-state index in [9.17, 15) is 8.42 Å². The second kappa shape index (κ2) is 6.46. The molecule has 0 bridgehead atoms. The summed E-state index contributed by atoms with van der Waals surface area (Å²) in [6.45, 7) is 2.10. The Morgan fingerprint density at radius 2 is 2.10 bits per heavy atom. The Hall–Kier alpha value is -1.57. The van der Waals surface area contributed by atoms with Gasteiger partial charge < -0.3 is 11.1 Å². The van der Waals surface area contributed by atoms with Crippen molar-refractivity contribution in [1.29, 1.82) is 0 Å². The highest BCUT2D eigenvalue weighted by Crippen LogP contribution is 2.28. The summed E-state index contributed by atoms with van der Waals surface area (Å²) in [5, 5.41) is 5.42. The van der Waals surface area contributed by atoms with E-state index >= 15 is 0 Å². The molecular formula is C14H19N3O2S2. The third-order valence-electron chi connectivity index (χ3n) is 3.20. The Morgan fingerprint density at radius 1 is 1.33 bits per heavy atom. The first-order chi connectivity index (χ1) is 9.97. The Labute approximate surface area is 129 Å². The minimum absolute atomic E-state index is 0.0970. The molecule has 0 fully saturated rings. The maximum atomic E-state index is 11.8. The van der Waals surface area contributed by atoms with E-state index in [1.807, 2.05) is 11.4 Å². The van der Waals surface area contributed by atoms with Gasteiger partial charge in [0.1, 0.15) is 4.90 Å². The molecule has 1 aromatic heterocycles. The molecule has 7 heteroatoms. The number of hydrogen-bond donors (Lipinski definition) is 3. The summed E-state index contributed by atoms with van der Waals surface area (Å²) in [6.07, 6.45) is 0.928. The topological polar surface area (TPSA) is 84.2 Å². The maximum Gasteiger partial charge on any atom is 0.242 e. The average Bonchev–Trinajstić information content (AvgIpc) is 2.98. The highest BCUT2D eigenvalue weighted by molar-refractivity contribution is 7.89. The zero-order chi connectivity index (χ0) is 15.5. The summed E-state index contributed by atoms with van der Waals surface area (Å²) in [5.41, 5.74) is 6.90. The van der Waals surface area contributed by atoms with E-state index in [-0.39, 0.29) is 16.6 Å². The van der Waals surface area contributed by atoms with Gasteiger partial charge >= 0.3 is 0 Å². The Balaban J connectivity index is 2.25. The fraction of sp³-hybridized carbons (Fsp3) is 0.286. The highest BCUT2D eigenvalue weighted by Gasteiger charge is 2.16. The summed E-state index contributed by atoms with van der Waals surface area (Å²) in [6, 6.07) is 9.19. The van der Waals surface area contributed by atoms with E-state index in [2.05, 4.69) is 23.0 Å². The third-order valence-corrected chi connectivity index (χ3v) is 5.68. The van der Waals surface area contributed by atoms with Crippen molar-refractivity contribution >= 4 is 32.7 Å². The fourth-order valence-electron chi connectivity index (χ4n) is 2.06. The van der Waals surface area contributed by atoms with Crippen LogP contribution in [0.4, 0.5) is 11.4 Å². The molecule has 2 aromatic rings. The van der Waals surface area contributed by atoms with E-state index in [4.69, 9.17) is 5.73 Å². The lowest BCUT2D eigenvalue weighted by Crippen LogP contribution is -2.20. The third kappa shape index (κ3) is 3.55. The van der Waals surface area contributed by atoms with Gasteiger partial charge in [-0.2, -0.15) is 0 Å². The predicted octanol–water partition coefficient (Wildman–Crippen LogP) is 2.80. The Bertz CT molecular complexity index is 697. The molecular weight excluding hydrogens is 306 g/mol. The van der Waals surface area contributed by atoms with Crippen molar-refractivity contribution in [3.05, 3.63) is 40.6 Å². The van der Waals surface area contributed by atoms with Gasteiger partial charge in [0, 0.05) is 10.6 Å². The molecule has 0 spiro atoms. The molecule has 0 radical (unpaired) electrons. The van der Waals surface area contributed by atoms with Crippen LogP contribution in [-0.2, 0) is 10.0 Å². The number of thiophene rings is 1. The van der Waals surface area contributed by atoms with Crippen LogP contribution in [-0.4, -0.2) is 15.5 Å². The van der Waals surface area contributed by atoms with Crippen molar-refractivity contribution < 1.29 is 8.42 Å². The summed E-state index contributed by atoms with van der Waals surface area (Å²) < 4.78 is 25.8. The van der Waals surface area contributed by atoms with Crippen molar-refractivity contribution in [2.45, 2.75) is 24.3 Å². The number of rotatable bonds is 6. The van der Waals surface area contributed by atoms with Crippen LogP contribution in [0.5, 0.6) is 0 Å². The number of hydrogen-bond acceptors (Lipinski definition) is 5. The average molecular weight is 325 g/mol. The van der Waals surface area contributed by atoms with E-state index in [1.165, 1.54) is 18.0 Å². The predicted molar refractivity (Wildman–Crippen MR) is 88.1 cm³/mol. The van der Waals surface area contributed by atoms with Gasteiger partial charge in [-0.3, -0.25) is 0 Å². The first kappa shape index (κ1) is 15.8. The monoisotopic (exact) mass is 325 g/mol. The second-order valence-corrected chi connectivity index (χ2v) is 7.41. The summed E-state index contributed by atoms with van der Waals surface area (Å²) >= 11 is 1.69. The normalized spacial score (nSPS) is 13.0. The van der Waals surface area contributed by atoms with E-state index < -0.39 is 10.0 Å². The SMILES string of the molecule is CCC(Nc1ccc(S(=O)(=O)NC)c(N)c1)c1cccs1. The van der Waals surface area contributed by atoms with Gasteiger partial charge in [0.05, 0.1) is 11.7 Å². The smallest absolute Gasteiger partial charge is 0.242 e. The first-order valence-electron chi connectivity index (χ1n) is 6.61. The van der Waals surface area contributed by atoms with Gasteiger partial charge in [0.2, 0.25) is 10.0 Å². The zero-order valence-electron chi connectivity index (χ0n) is 12.0. The molecule has 0 aliphatic heterocycles. The van der Waals surface area contributed by atoms with E-state index in [0.717, 1.165) is 12.1 Å². The van der Waals surface area contributed by atoms with Gasteiger partial charge in [-0.1, -0.05) is 13.0 Å². The van der Waals surface area contributed by atoms with Crippen molar-refractivity contribution in [3.63, 3.8) is 0 Å². The molecule has 0 saturated carbocycles. The molecule has 4 N–H and O–H groups in total. The minimum atomic E-state index is -3.52. The van der Waals surface area contributed by atoms with Crippen LogP contribution in [0, 0.1) is 0 Å². The molecule has 21 heavy (non-hydrogen) atoms. The van der Waals surface area contributed by atoms with Crippen LogP contribution in [0.25, 0.3) is 0 Å². The van der Waals surface area contributed by atoms with Crippen molar-refractivity contribution in [2.24, 2.45) is 0 Å². The number of nitrogens with one attached hydrogen (secondary N) is 2. The van der Waals surface area contributed by atoms with Gasteiger partial charge in [-0.25, -0.2) is 13.1 Å². The number of sulfonamides is 1. The van der Waals surface area contributed by atoms with Crippen LogP contribution < -0.4 is 15.8 Å². The van der Waals surface area contributed by atoms with E-state index in [0.29, 0.717) is 0 Å². The number of nitrogen functional groups attached to an aromatic ring is 1. The molecule has 0 aliphatic carbocycles. The molecule has 5 nitrogen and oxygen atoms in total. The number of anilines is 2. The fourth-order valence-corrected chi connectivity index (χ4v) is 3.76. The minimum Gasteiger partial charge on any atom is -0.398 e. The largest absolute Gasteiger partial charge is 0.398 e. The molecule has 1 unspecified atom stereocenters. The van der Waals surface area contributed by atoms with Gasteiger partial charge in [0.15, 0.2) is 0 Å². The van der Waals surface area contributed by atoms with Crippen molar-refractivity contribution in [3.8, 4) is 0 Å². The van der Waals surface area contributed by atoms with Gasteiger partial charge in [0.25, 0.3) is 0 Å². The van der Waals surface area contributed by atoms with Gasteiger partial charge in [-0.05, 0) is 43.1 Å². The molecule has 0 amide bonds. The molecule has 2 rings (SSSR count). The van der Waals surface area contributed by atoms with Crippen LogP contribution in [0.1, 0.15) is 24.3 Å². The molecule has 1 aromatic carbocycles. The Morgan fingerprint density at radius 3 is 2.62 bits per heavy atom. The van der Waals surface area contributed by atoms with Crippen LogP contribution >= 0.6 is 11.3 Å². The van der Waals surface area contributed by atoms with Crippen LogP contribution in [0.2, 0.25) is 0 Å². The molecule has 0 aliphatic rings. The van der Waals surface area contributed by atoms with Crippen molar-refractivity contribution in [1.82, 2.24) is 4.72 Å². The maximum absolute atomic E-state index is 11.8. The van der Waals surface area contributed by atoms with Crippen LogP contribution in [0.3, 0.4) is 0 Å². The first-order valence-corrected chi connectivity index (χ1v) is 8.97. The standard InChI is InChI=1S/C14H19N3O2S2/c1-3-12(13-5-4-8-20-13)17-10-6-7-14(11(15)9-10)21(18,19)16-2/h4-9,12,16-17H,3,15H2,1-2H3. The number of nitrogens with two attached hydrogens (primary N) is 1. The summed E-state index contributed by atoms with van der Waals surface area (Å²) in [5.74, 6) is 0. The summed E-state index contributed by atoms with van der Waals surface area (Å²) in [4.78, 5) is 1.34. The molecule has 114 valence electrons. The zero-order valence-corrected chi connectivity index (χ0v) is 13.6. The molecule has 1 heterocycles. The quantitative estimate of drug-likeness (QED) is 0.713. The van der Waals surface area contributed by atoms with Crippen molar-refractivity contribution in [2.75, 3.05) is 18.1 Å². The van der Waals surface area contributed by atoms with E-state index in [1.54, 1.807) is 23.5 Å². The van der Waals surface area contributed by atoms with Gasteiger partial charge in [-0.15, -0.1) is 11.3 Å². The lowest BCUT2D eigenvalue weighted by Gasteiger charge is -2.18.